The number of rotatable bonds is 6. The number of hydrogen-bond donors (Lipinski definition) is 2. The van der Waals surface area contributed by atoms with E-state index >= 15 is 0 Å². The molecule has 1 fully saturated rings. The van der Waals surface area contributed by atoms with Gasteiger partial charge in [0.1, 0.15) is 0 Å². The fourth-order valence-electron chi connectivity index (χ4n) is 2.47. The van der Waals surface area contributed by atoms with Crippen molar-refractivity contribution in [3.05, 3.63) is 34.9 Å². The highest BCUT2D eigenvalue weighted by molar-refractivity contribution is 7.98. The Morgan fingerprint density at radius 3 is 3.00 bits per heavy atom. The predicted molar refractivity (Wildman–Crippen MR) is 96.0 cm³/mol. The average molecular weight is 342 g/mol. The van der Waals surface area contributed by atoms with Crippen molar-refractivity contribution < 1.29 is 4.74 Å². The van der Waals surface area contributed by atoms with Gasteiger partial charge in [-0.05, 0) is 36.8 Å². The second-order valence-corrected chi connectivity index (χ2v) is 6.73. The van der Waals surface area contributed by atoms with Gasteiger partial charge in [0.2, 0.25) is 0 Å². The quantitative estimate of drug-likeness (QED) is 0.616. The largest absolute Gasteiger partial charge is 0.376 e. The van der Waals surface area contributed by atoms with Crippen LogP contribution in [-0.4, -0.2) is 45.1 Å². The van der Waals surface area contributed by atoms with Crippen LogP contribution in [0.2, 0.25) is 5.02 Å². The van der Waals surface area contributed by atoms with Crippen LogP contribution in [0.15, 0.2) is 29.3 Å². The van der Waals surface area contributed by atoms with Crippen molar-refractivity contribution in [3.63, 3.8) is 0 Å². The summed E-state index contributed by atoms with van der Waals surface area (Å²) in [6.07, 6.45) is 4.69. The van der Waals surface area contributed by atoms with E-state index in [1.54, 1.807) is 18.8 Å². The number of thioether (sulfide) groups is 1. The van der Waals surface area contributed by atoms with Gasteiger partial charge < -0.3 is 15.4 Å². The summed E-state index contributed by atoms with van der Waals surface area (Å²) in [6, 6.07) is 8.02. The zero-order chi connectivity index (χ0) is 15.8. The highest BCUT2D eigenvalue weighted by atomic mass is 35.5. The van der Waals surface area contributed by atoms with Crippen molar-refractivity contribution in [1.82, 2.24) is 10.6 Å². The number of hydrogen-bond acceptors (Lipinski definition) is 3. The van der Waals surface area contributed by atoms with E-state index in [0.29, 0.717) is 11.4 Å². The second kappa shape index (κ2) is 9.28. The Hall–Kier alpha value is -0.910. The molecular formula is C16H24ClN3OS. The van der Waals surface area contributed by atoms with Gasteiger partial charge in [-0.25, -0.2) is 0 Å². The van der Waals surface area contributed by atoms with Gasteiger partial charge in [-0.1, -0.05) is 23.7 Å². The molecule has 4 nitrogen and oxygen atoms in total. The minimum atomic E-state index is 0.308. The summed E-state index contributed by atoms with van der Waals surface area (Å²) in [4.78, 5) is 4.27. The van der Waals surface area contributed by atoms with Crippen LogP contribution in [0.5, 0.6) is 0 Å². The monoisotopic (exact) mass is 341 g/mol. The molecule has 1 aromatic carbocycles. The van der Waals surface area contributed by atoms with Crippen LogP contribution in [0.3, 0.4) is 0 Å². The maximum absolute atomic E-state index is 6.08. The summed E-state index contributed by atoms with van der Waals surface area (Å²) in [7, 11) is 1.79. The third kappa shape index (κ3) is 5.38. The summed E-state index contributed by atoms with van der Waals surface area (Å²) >= 11 is 7.88. The van der Waals surface area contributed by atoms with Gasteiger partial charge in [-0.2, -0.15) is 11.8 Å². The second-order valence-electron chi connectivity index (χ2n) is 5.25. The Morgan fingerprint density at radius 1 is 1.50 bits per heavy atom. The normalized spacial score (nSPS) is 20.0. The van der Waals surface area contributed by atoms with Crippen LogP contribution in [0.4, 0.5) is 0 Å². The van der Waals surface area contributed by atoms with E-state index in [1.807, 2.05) is 18.2 Å². The first kappa shape index (κ1) is 17.4. The first-order valence-electron chi connectivity index (χ1n) is 7.57. The van der Waals surface area contributed by atoms with Gasteiger partial charge in [0.25, 0.3) is 0 Å². The van der Waals surface area contributed by atoms with E-state index in [9.17, 15) is 0 Å². The standard InChI is InChI=1S/C16H24ClN3OS/c1-18-16(19-10-14-7-4-8-21-14)20-11-15(22-2)12-5-3-6-13(17)9-12/h3,5-6,9,14-15H,4,7-8,10-11H2,1-2H3,(H2,18,19,20). The molecule has 1 heterocycles. The minimum Gasteiger partial charge on any atom is -0.376 e. The Labute approximate surface area is 142 Å². The highest BCUT2D eigenvalue weighted by Crippen LogP contribution is 2.27. The summed E-state index contributed by atoms with van der Waals surface area (Å²) < 4.78 is 5.61. The molecule has 0 saturated carbocycles. The summed E-state index contributed by atoms with van der Waals surface area (Å²) in [5.74, 6) is 0.816. The number of halogens is 1. The summed E-state index contributed by atoms with van der Waals surface area (Å²) in [6.45, 7) is 2.48. The SMILES string of the molecule is CN=C(NCC1CCCO1)NCC(SC)c1cccc(Cl)c1. The van der Waals surface area contributed by atoms with Crippen LogP contribution in [0, 0.1) is 0 Å². The lowest BCUT2D eigenvalue weighted by Crippen LogP contribution is -2.42. The molecule has 2 rings (SSSR count). The molecular weight excluding hydrogens is 318 g/mol. The lowest BCUT2D eigenvalue weighted by Gasteiger charge is -2.19. The number of ether oxygens (including phenoxy) is 1. The van der Waals surface area contributed by atoms with E-state index in [2.05, 4.69) is 27.9 Å². The minimum absolute atomic E-state index is 0.308. The van der Waals surface area contributed by atoms with Gasteiger partial charge in [-0.15, -0.1) is 0 Å². The van der Waals surface area contributed by atoms with E-state index in [-0.39, 0.29) is 0 Å². The summed E-state index contributed by atoms with van der Waals surface area (Å²) in [5, 5.41) is 7.82. The maximum atomic E-state index is 6.08. The Kier molecular flexibility index (Phi) is 7.36. The van der Waals surface area contributed by atoms with Crippen LogP contribution in [0.1, 0.15) is 23.7 Å². The van der Waals surface area contributed by atoms with Crippen LogP contribution in [0.25, 0.3) is 0 Å². The average Bonchev–Trinajstić information content (AvgIpc) is 3.04. The fourth-order valence-corrected chi connectivity index (χ4v) is 3.34. The third-order valence-electron chi connectivity index (χ3n) is 3.70. The Bertz CT molecular complexity index is 492. The van der Waals surface area contributed by atoms with Crippen molar-refractivity contribution in [2.75, 3.05) is 33.0 Å². The number of nitrogens with one attached hydrogen (secondary N) is 2. The highest BCUT2D eigenvalue weighted by Gasteiger charge is 2.16. The molecule has 0 bridgehead atoms. The smallest absolute Gasteiger partial charge is 0.191 e. The first-order valence-corrected chi connectivity index (χ1v) is 9.24. The van der Waals surface area contributed by atoms with Crippen molar-refractivity contribution in [2.45, 2.75) is 24.2 Å². The van der Waals surface area contributed by atoms with Crippen LogP contribution < -0.4 is 10.6 Å². The molecule has 1 aliphatic rings. The molecule has 0 aliphatic carbocycles. The fraction of sp³-hybridized carbons (Fsp3) is 0.562. The van der Waals surface area contributed by atoms with Crippen LogP contribution in [-0.2, 0) is 4.74 Å². The molecule has 22 heavy (non-hydrogen) atoms. The van der Waals surface area contributed by atoms with E-state index in [1.165, 1.54) is 5.56 Å². The van der Waals surface area contributed by atoms with E-state index < -0.39 is 0 Å². The van der Waals surface area contributed by atoms with Gasteiger partial charge >= 0.3 is 0 Å². The number of aliphatic imine (C=N–C) groups is 1. The zero-order valence-electron chi connectivity index (χ0n) is 13.1. The molecule has 0 amide bonds. The Morgan fingerprint density at radius 2 is 2.36 bits per heavy atom. The van der Waals surface area contributed by atoms with Gasteiger partial charge in [0.15, 0.2) is 5.96 Å². The molecule has 0 radical (unpaired) electrons. The lowest BCUT2D eigenvalue weighted by molar-refractivity contribution is 0.114. The van der Waals surface area contributed by atoms with E-state index in [4.69, 9.17) is 16.3 Å². The molecule has 2 atom stereocenters. The van der Waals surface area contributed by atoms with Gasteiger partial charge in [0.05, 0.1) is 6.10 Å². The van der Waals surface area contributed by atoms with Crippen molar-refractivity contribution >= 4 is 29.3 Å². The zero-order valence-corrected chi connectivity index (χ0v) is 14.7. The summed E-state index contributed by atoms with van der Waals surface area (Å²) in [5.41, 5.74) is 1.22. The predicted octanol–water partition coefficient (Wildman–Crippen LogP) is 3.09. The Balaban J connectivity index is 1.82. The number of benzene rings is 1. The van der Waals surface area contributed by atoms with Crippen molar-refractivity contribution in [2.24, 2.45) is 4.99 Å². The molecule has 122 valence electrons. The molecule has 1 aromatic rings. The third-order valence-corrected chi connectivity index (χ3v) is 4.95. The van der Waals surface area contributed by atoms with Crippen LogP contribution >= 0.6 is 23.4 Å². The van der Waals surface area contributed by atoms with E-state index in [0.717, 1.165) is 43.5 Å². The molecule has 2 N–H and O–H groups in total. The van der Waals surface area contributed by atoms with Gasteiger partial charge in [-0.3, -0.25) is 4.99 Å². The molecule has 6 heteroatoms. The maximum Gasteiger partial charge on any atom is 0.191 e. The molecule has 1 saturated heterocycles. The van der Waals surface area contributed by atoms with Crippen molar-refractivity contribution in [1.29, 1.82) is 0 Å². The molecule has 0 aromatic heterocycles. The topological polar surface area (TPSA) is 45.7 Å². The lowest BCUT2D eigenvalue weighted by atomic mass is 10.1. The van der Waals surface area contributed by atoms with Crippen molar-refractivity contribution in [3.8, 4) is 0 Å². The number of guanidine groups is 1. The molecule has 2 unspecified atom stereocenters. The van der Waals surface area contributed by atoms with Gasteiger partial charge in [0, 0.05) is 37.0 Å². The number of nitrogens with zero attached hydrogens (tertiary/aromatic N) is 1. The molecule has 0 spiro atoms. The first-order chi connectivity index (χ1) is 10.7. The molecule has 1 aliphatic heterocycles.